The Balaban J connectivity index is 1.63. The molecular weight excluding hydrogens is 305 g/mol. The molecule has 130 valence electrons. The summed E-state index contributed by atoms with van der Waals surface area (Å²) in [5, 5.41) is 11.2. The SMILES string of the molecule is Fc1ccc2nc(CN3CCNCCNCCNCC3)ccc2c1. The predicted molar refractivity (Wildman–Crippen MR) is 95.6 cm³/mol. The van der Waals surface area contributed by atoms with Crippen molar-refractivity contribution >= 4 is 10.9 Å². The smallest absolute Gasteiger partial charge is 0.123 e. The summed E-state index contributed by atoms with van der Waals surface area (Å²) >= 11 is 0. The molecule has 0 spiro atoms. The fourth-order valence-corrected chi connectivity index (χ4v) is 2.93. The number of pyridine rings is 1. The van der Waals surface area contributed by atoms with Crippen LogP contribution in [0, 0.1) is 5.82 Å². The van der Waals surface area contributed by atoms with E-state index in [1.807, 2.05) is 12.1 Å². The zero-order chi connectivity index (χ0) is 16.6. The van der Waals surface area contributed by atoms with E-state index in [0.29, 0.717) is 0 Å². The van der Waals surface area contributed by atoms with Crippen LogP contribution >= 0.6 is 0 Å². The number of hydrogen-bond acceptors (Lipinski definition) is 5. The molecule has 1 fully saturated rings. The molecule has 0 unspecified atom stereocenters. The third kappa shape index (κ3) is 5.21. The van der Waals surface area contributed by atoms with Crippen LogP contribution in [0.25, 0.3) is 10.9 Å². The third-order valence-corrected chi connectivity index (χ3v) is 4.26. The molecule has 2 heterocycles. The molecule has 0 bridgehead atoms. The molecule has 0 aliphatic carbocycles. The molecule has 1 saturated heterocycles. The van der Waals surface area contributed by atoms with Crippen molar-refractivity contribution in [1.29, 1.82) is 0 Å². The Hall–Kier alpha value is -1.60. The molecule has 5 nitrogen and oxygen atoms in total. The lowest BCUT2D eigenvalue weighted by Gasteiger charge is -2.23. The molecular formula is C18H26FN5. The lowest BCUT2D eigenvalue weighted by Crippen LogP contribution is -2.41. The summed E-state index contributed by atoms with van der Waals surface area (Å²) in [6.07, 6.45) is 0. The average molecular weight is 331 g/mol. The van der Waals surface area contributed by atoms with Gasteiger partial charge in [0.1, 0.15) is 5.82 Å². The van der Waals surface area contributed by atoms with Gasteiger partial charge in [-0.25, -0.2) is 4.39 Å². The maximum absolute atomic E-state index is 13.3. The van der Waals surface area contributed by atoms with Crippen molar-refractivity contribution in [1.82, 2.24) is 25.8 Å². The Labute approximate surface area is 142 Å². The van der Waals surface area contributed by atoms with Crippen LogP contribution in [0.3, 0.4) is 0 Å². The molecule has 24 heavy (non-hydrogen) atoms. The van der Waals surface area contributed by atoms with Crippen LogP contribution in [-0.4, -0.2) is 62.2 Å². The summed E-state index contributed by atoms with van der Waals surface area (Å²) in [6, 6.07) is 8.71. The van der Waals surface area contributed by atoms with Crippen LogP contribution in [0.1, 0.15) is 5.69 Å². The molecule has 6 heteroatoms. The van der Waals surface area contributed by atoms with Gasteiger partial charge in [-0.1, -0.05) is 6.07 Å². The number of aromatic nitrogens is 1. The highest BCUT2D eigenvalue weighted by Gasteiger charge is 2.08. The number of nitrogens with one attached hydrogen (secondary N) is 3. The highest BCUT2D eigenvalue weighted by molar-refractivity contribution is 5.78. The Morgan fingerprint density at radius 2 is 1.54 bits per heavy atom. The topological polar surface area (TPSA) is 52.2 Å². The number of hydrogen-bond donors (Lipinski definition) is 3. The second-order valence-corrected chi connectivity index (χ2v) is 6.17. The van der Waals surface area contributed by atoms with Crippen LogP contribution in [0.2, 0.25) is 0 Å². The summed E-state index contributed by atoms with van der Waals surface area (Å²) in [7, 11) is 0. The fraction of sp³-hybridized carbons (Fsp3) is 0.500. The van der Waals surface area contributed by atoms with Gasteiger partial charge in [-0.05, 0) is 24.3 Å². The Morgan fingerprint density at radius 3 is 2.25 bits per heavy atom. The van der Waals surface area contributed by atoms with E-state index in [1.165, 1.54) is 12.1 Å². The van der Waals surface area contributed by atoms with E-state index in [1.54, 1.807) is 6.07 Å². The first-order valence-corrected chi connectivity index (χ1v) is 8.71. The van der Waals surface area contributed by atoms with Gasteiger partial charge in [0.2, 0.25) is 0 Å². The zero-order valence-corrected chi connectivity index (χ0v) is 14.0. The molecule has 1 aliphatic heterocycles. The van der Waals surface area contributed by atoms with Crippen LogP contribution in [0.5, 0.6) is 0 Å². The lowest BCUT2D eigenvalue weighted by atomic mass is 10.2. The van der Waals surface area contributed by atoms with Gasteiger partial charge in [-0.3, -0.25) is 9.88 Å². The van der Waals surface area contributed by atoms with E-state index >= 15 is 0 Å². The summed E-state index contributed by atoms with van der Waals surface area (Å²) < 4.78 is 13.3. The van der Waals surface area contributed by atoms with E-state index in [0.717, 1.165) is 75.5 Å². The summed E-state index contributed by atoms with van der Waals surface area (Å²) in [4.78, 5) is 7.09. The first kappa shape index (κ1) is 17.2. The number of fused-ring (bicyclic) bond motifs is 1. The van der Waals surface area contributed by atoms with Crippen molar-refractivity contribution < 1.29 is 4.39 Å². The number of halogens is 1. The van der Waals surface area contributed by atoms with Crippen molar-refractivity contribution in [2.45, 2.75) is 6.54 Å². The van der Waals surface area contributed by atoms with Gasteiger partial charge in [-0.15, -0.1) is 0 Å². The molecule has 0 saturated carbocycles. The third-order valence-electron chi connectivity index (χ3n) is 4.26. The van der Waals surface area contributed by atoms with E-state index < -0.39 is 0 Å². The van der Waals surface area contributed by atoms with Crippen LogP contribution < -0.4 is 16.0 Å². The maximum Gasteiger partial charge on any atom is 0.123 e. The quantitative estimate of drug-likeness (QED) is 0.765. The molecule has 3 rings (SSSR count). The average Bonchev–Trinajstić information content (AvgIpc) is 2.57. The minimum Gasteiger partial charge on any atom is -0.314 e. The second-order valence-electron chi connectivity index (χ2n) is 6.17. The lowest BCUT2D eigenvalue weighted by molar-refractivity contribution is 0.260. The van der Waals surface area contributed by atoms with Crippen LogP contribution in [-0.2, 0) is 6.54 Å². The van der Waals surface area contributed by atoms with Crippen molar-refractivity contribution in [2.24, 2.45) is 0 Å². The summed E-state index contributed by atoms with van der Waals surface area (Å²) in [5.41, 5.74) is 1.88. The van der Waals surface area contributed by atoms with Gasteiger partial charge in [0, 0.05) is 64.3 Å². The zero-order valence-electron chi connectivity index (χ0n) is 14.0. The highest BCUT2D eigenvalue weighted by atomic mass is 19.1. The maximum atomic E-state index is 13.3. The number of benzene rings is 1. The van der Waals surface area contributed by atoms with Gasteiger partial charge >= 0.3 is 0 Å². The van der Waals surface area contributed by atoms with Crippen molar-refractivity contribution in [2.75, 3.05) is 52.4 Å². The molecule has 0 radical (unpaired) electrons. The fourth-order valence-electron chi connectivity index (χ4n) is 2.93. The monoisotopic (exact) mass is 331 g/mol. The van der Waals surface area contributed by atoms with Crippen molar-refractivity contribution in [3.63, 3.8) is 0 Å². The molecule has 0 atom stereocenters. The predicted octanol–water partition coefficient (Wildman–Crippen LogP) is 0.958. The van der Waals surface area contributed by atoms with Gasteiger partial charge in [-0.2, -0.15) is 0 Å². The van der Waals surface area contributed by atoms with Gasteiger partial charge in [0.25, 0.3) is 0 Å². The van der Waals surface area contributed by atoms with Crippen molar-refractivity contribution in [3.8, 4) is 0 Å². The molecule has 2 aromatic rings. The summed E-state index contributed by atoms with van der Waals surface area (Å²) in [5.74, 6) is -0.216. The van der Waals surface area contributed by atoms with Gasteiger partial charge in [0.15, 0.2) is 0 Å². The van der Waals surface area contributed by atoms with Gasteiger partial charge in [0.05, 0.1) is 11.2 Å². The Kier molecular flexibility index (Phi) is 6.48. The Morgan fingerprint density at radius 1 is 0.875 bits per heavy atom. The molecule has 1 aromatic carbocycles. The van der Waals surface area contributed by atoms with Crippen LogP contribution in [0.15, 0.2) is 30.3 Å². The minimum atomic E-state index is -0.216. The highest BCUT2D eigenvalue weighted by Crippen LogP contribution is 2.15. The van der Waals surface area contributed by atoms with E-state index in [-0.39, 0.29) is 5.82 Å². The van der Waals surface area contributed by atoms with E-state index in [2.05, 4.69) is 25.8 Å². The van der Waals surface area contributed by atoms with Crippen LogP contribution in [0.4, 0.5) is 4.39 Å². The molecule has 3 N–H and O–H groups in total. The minimum absolute atomic E-state index is 0.216. The van der Waals surface area contributed by atoms with E-state index in [9.17, 15) is 4.39 Å². The first-order valence-electron chi connectivity index (χ1n) is 8.71. The first-order chi connectivity index (χ1) is 11.8. The summed E-state index contributed by atoms with van der Waals surface area (Å²) in [6.45, 7) is 8.74. The van der Waals surface area contributed by atoms with Gasteiger partial charge < -0.3 is 16.0 Å². The molecule has 1 aromatic heterocycles. The number of nitrogens with zero attached hydrogens (tertiary/aromatic N) is 2. The van der Waals surface area contributed by atoms with Crippen molar-refractivity contribution in [3.05, 3.63) is 41.8 Å². The molecule has 0 amide bonds. The normalized spacial score (nSPS) is 18.9. The second kappa shape index (κ2) is 9.03. The standard InChI is InChI=1S/C18H26FN5/c19-16-2-4-18-15(13-16)1-3-17(23-18)14-24-11-9-21-7-5-20-6-8-22-10-12-24/h1-4,13,20-22H,5-12,14H2. The molecule has 1 aliphatic rings. The Bertz CT molecular complexity index is 636. The van der Waals surface area contributed by atoms with E-state index in [4.69, 9.17) is 0 Å². The largest absolute Gasteiger partial charge is 0.314 e. The number of rotatable bonds is 2.